The Labute approximate surface area is 110 Å². The van der Waals surface area contributed by atoms with E-state index in [1.807, 2.05) is 0 Å². The van der Waals surface area contributed by atoms with E-state index in [2.05, 4.69) is 24.5 Å². The topological polar surface area (TPSA) is 50.4 Å². The molecular weight excluding hydrogens is 228 g/mol. The van der Waals surface area contributed by atoms with E-state index in [4.69, 9.17) is 4.74 Å². The van der Waals surface area contributed by atoms with Crippen LogP contribution in [-0.2, 0) is 9.53 Å². The maximum absolute atomic E-state index is 12.3. The third kappa shape index (κ3) is 3.45. The van der Waals surface area contributed by atoms with Crippen LogP contribution in [0.3, 0.4) is 0 Å². The van der Waals surface area contributed by atoms with Gasteiger partial charge in [-0.25, -0.2) is 0 Å². The van der Waals surface area contributed by atoms with Gasteiger partial charge in [-0.2, -0.15) is 0 Å². The van der Waals surface area contributed by atoms with Gasteiger partial charge in [0.05, 0.1) is 18.2 Å². The fourth-order valence-electron chi connectivity index (χ4n) is 2.98. The summed E-state index contributed by atoms with van der Waals surface area (Å²) in [4.78, 5) is 12.3. The van der Waals surface area contributed by atoms with Gasteiger partial charge in [0.25, 0.3) is 0 Å². The number of carbonyl (C=O) groups excluding carboxylic acids is 1. The summed E-state index contributed by atoms with van der Waals surface area (Å²) >= 11 is 0. The maximum Gasteiger partial charge on any atom is 0.237 e. The van der Waals surface area contributed by atoms with E-state index in [-0.39, 0.29) is 17.5 Å². The van der Waals surface area contributed by atoms with Crippen molar-refractivity contribution in [2.75, 3.05) is 19.8 Å². The molecule has 0 spiro atoms. The van der Waals surface area contributed by atoms with E-state index in [9.17, 15) is 4.79 Å². The number of hydrogen-bond acceptors (Lipinski definition) is 3. The molecular formula is C14H26N2O2. The molecule has 0 aliphatic carbocycles. The van der Waals surface area contributed by atoms with Crippen molar-refractivity contribution in [1.29, 1.82) is 0 Å². The van der Waals surface area contributed by atoms with Gasteiger partial charge in [0.2, 0.25) is 5.91 Å². The third-order valence-corrected chi connectivity index (χ3v) is 4.27. The molecule has 3 unspecified atom stereocenters. The van der Waals surface area contributed by atoms with Crippen molar-refractivity contribution in [1.82, 2.24) is 10.6 Å². The molecule has 3 atom stereocenters. The molecule has 0 bridgehead atoms. The molecule has 0 aromatic heterocycles. The molecule has 1 amide bonds. The smallest absolute Gasteiger partial charge is 0.237 e. The highest BCUT2D eigenvalue weighted by Crippen LogP contribution is 2.22. The minimum absolute atomic E-state index is 0.0116. The van der Waals surface area contributed by atoms with E-state index < -0.39 is 0 Å². The summed E-state index contributed by atoms with van der Waals surface area (Å²) in [5.74, 6) is 0.846. The molecule has 4 nitrogen and oxygen atoms in total. The first kappa shape index (κ1) is 13.8. The lowest BCUT2D eigenvalue weighted by Crippen LogP contribution is -2.58. The Morgan fingerprint density at radius 3 is 3.06 bits per heavy atom. The molecule has 2 saturated heterocycles. The van der Waals surface area contributed by atoms with Crippen LogP contribution in [0.5, 0.6) is 0 Å². The third-order valence-electron chi connectivity index (χ3n) is 4.27. The molecule has 2 aliphatic rings. The van der Waals surface area contributed by atoms with Crippen LogP contribution in [0.2, 0.25) is 0 Å². The van der Waals surface area contributed by atoms with Gasteiger partial charge in [0.1, 0.15) is 0 Å². The second kappa shape index (κ2) is 6.02. The van der Waals surface area contributed by atoms with Crippen molar-refractivity contribution in [3.05, 3.63) is 0 Å². The molecule has 4 heteroatoms. The predicted molar refractivity (Wildman–Crippen MR) is 71.4 cm³/mol. The van der Waals surface area contributed by atoms with E-state index in [0.717, 1.165) is 32.4 Å². The Kier molecular flexibility index (Phi) is 4.62. The second-order valence-corrected chi connectivity index (χ2v) is 6.01. The average Bonchev–Trinajstić information content (AvgIpc) is 2.39. The van der Waals surface area contributed by atoms with Crippen LogP contribution >= 0.6 is 0 Å². The van der Waals surface area contributed by atoms with Gasteiger partial charge in [0, 0.05) is 6.61 Å². The molecule has 18 heavy (non-hydrogen) atoms. The molecule has 2 heterocycles. The highest BCUT2D eigenvalue weighted by atomic mass is 16.5. The Bertz CT molecular complexity index is 288. The summed E-state index contributed by atoms with van der Waals surface area (Å²) in [7, 11) is 0. The predicted octanol–water partition coefficient (Wildman–Crippen LogP) is 1.45. The standard InChI is InChI=1S/C14H26N2O2/c1-3-11-5-7-15-12(9-11)13(17)16-14(2)6-4-8-18-10-14/h11-12,15H,3-10H2,1-2H3,(H,16,17). The normalized spacial score (nSPS) is 37.2. The van der Waals surface area contributed by atoms with Gasteiger partial charge >= 0.3 is 0 Å². The fourth-order valence-corrected chi connectivity index (χ4v) is 2.98. The van der Waals surface area contributed by atoms with E-state index in [0.29, 0.717) is 12.5 Å². The Morgan fingerprint density at radius 2 is 2.39 bits per heavy atom. The van der Waals surface area contributed by atoms with E-state index in [1.54, 1.807) is 0 Å². The molecule has 2 N–H and O–H groups in total. The summed E-state index contributed by atoms with van der Waals surface area (Å²) in [6.45, 7) is 6.73. The molecule has 0 saturated carbocycles. The number of nitrogens with one attached hydrogen (secondary N) is 2. The van der Waals surface area contributed by atoms with Crippen LogP contribution in [0.15, 0.2) is 0 Å². The number of hydrogen-bond donors (Lipinski definition) is 2. The number of carbonyl (C=O) groups is 1. The Balaban J connectivity index is 1.86. The first-order valence-electron chi connectivity index (χ1n) is 7.26. The summed E-state index contributed by atoms with van der Waals surface area (Å²) < 4.78 is 5.48. The second-order valence-electron chi connectivity index (χ2n) is 6.01. The molecule has 104 valence electrons. The van der Waals surface area contributed by atoms with Gasteiger partial charge in [-0.1, -0.05) is 13.3 Å². The van der Waals surface area contributed by atoms with Crippen LogP contribution < -0.4 is 10.6 Å². The van der Waals surface area contributed by atoms with Crippen LogP contribution in [0.25, 0.3) is 0 Å². The zero-order chi connectivity index (χ0) is 13.0. The van der Waals surface area contributed by atoms with Gasteiger partial charge in [0.15, 0.2) is 0 Å². The molecule has 2 fully saturated rings. The van der Waals surface area contributed by atoms with Gasteiger partial charge < -0.3 is 15.4 Å². The SMILES string of the molecule is CCC1CCNC(C(=O)NC2(C)CCCOC2)C1. The highest BCUT2D eigenvalue weighted by Gasteiger charge is 2.33. The molecule has 0 aromatic rings. The maximum atomic E-state index is 12.3. The zero-order valence-corrected chi connectivity index (χ0v) is 11.6. The van der Waals surface area contributed by atoms with Crippen LogP contribution in [0.1, 0.15) is 46.0 Å². The Morgan fingerprint density at radius 1 is 1.56 bits per heavy atom. The quantitative estimate of drug-likeness (QED) is 0.801. The molecule has 0 aromatic carbocycles. The number of ether oxygens (including phenoxy) is 1. The highest BCUT2D eigenvalue weighted by molar-refractivity contribution is 5.82. The molecule has 0 radical (unpaired) electrons. The van der Waals surface area contributed by atoms with Crippen molar-refractivity contribution in [3.63, 3.8) is 0 Å². The fraction of sp³-hybridized carbons (Fsp3) is 0.929. The van der Waals surface area contributed by atoms with Crippen LogP contribution in [0.4, 0.5) is 0 Å². The lowest BCUT2D eigenvalue weighted by molar-refractivity contribution is -0.127. The first-order chi connectivity index (χ1) is 8.63. The zero-order valence-electron chi connectivity index (χ0n) is 11.6. The first-order valence-corrected chi connectivity index (χ1v) is 7.26. The number of piperidine rings is 1. The van der Waals surface area contributed by atoms with Crippen molar-refractivity contribution in [2.45, 2.75) is 57.5 Å². The van der Waals surface area contributed by atoms with E-state index >= 15 is 0 Å². The average molecular weight is 254 g/mol. The van der Waals surface area contributed by atoms with E-state index in [1.165, 1.54) is 12.8 Å². The van der Waals surface area contributed by atoms with Gasteiger partial charge in [-0.05, 0) is 45.1 Å². The van der Waals surface area contributed by atoms with Gasteiger partial charge in [-0.3, -0.25) is 4.79 Å². The lowest BCUT2D eigenvalue weighted by Gasteiger charge is -2.37. The summed E-state index contributed by atoms with van der Waals surface area (Å²) in [5.41, 5.74) is -0.170. The minimum Gasteiger partial charge on any atom is -0.379 e. The minimum atomic E-state index is -0.170. The number of amides is 1. The van der Waals surface area contributed by atoms with Crippen molar-refractivity contribution in [2.24, 2.45) is 5.92 Å². The summed E-state index contributed by atoms with van der Waals surface area (Å²) in [6, 6.07) is -0.0116. The van der Waals surface area contributed by atoms with Crippen LogP contribution in [-0.4, -0.2) is 37.2 Å². The molecule has 2 aliphatic heterocycles. The largest absolute Gasteiger partial charge is 0.379 e. The lowest BCUT2D eigenvalue weighted by atomic mass is 9.89. The summed E-state index contributed by atoms with van der Waals surface area (Å²) in [6.07, 6.45) is 5.39. The Hall–Kier alpha value is -0.610. The summed E-state index contributed by atoms with van der Waals surface area (Å²) in [5, 5.41) is 6.52. The van der Waals surface area contributed by atoms with Crippen LogP contribution in [0, 0.1) is 5.92 Å². The number of rotatable bonds is 3. The van der Waals surface area contributed by atoms with Crippen molar-refractivity contribution < 1.29 is 9.53 Å². The van der Waals surface area contributed by atoms with Crippen molar-refractivity contribution in [3.8, 4) is 0 Å². The molecule has 2 rings (SSSR count). The van der Waals surface area contributed by atoms with Crippen molar-refractivity contribution >= 4 is 5.91 Å². The monoisotopic (exact) mass is 254 g/mol. The van der Waals surface area contributed by atoms with Gasteiger partial charge in [-0.15, -0.1) is 0 Å².